The molecule has 0 fully saturated rings. The lowest BCUT2D eigenvalue weighted by molar-refractivity contribution is 0.0951. The maximum absolute atomic E-state index is 12.5. The van der Waals surface area contributed by atoms with Gasteiger partial charge < -0.3 is 20.5 Å². The van der Waals surface area contributed by atoms with Gasteiger partial charge in [0.2, 0.25) is 0 Å². The number of carbonyl (C=O) groups excluding carboxylic acids is 2. The summed E-state index contributed by atoms with van der Waals surface area (Å²) in [6.45, 7) is 1.16. The Bertz CT molecular complexity index is 1170. The van der Waals surface area contributed by atoms with Crippen LogP contribution in [0, 0.1) is 0 Å². The van der Waals surface area contributed by atoms with Crippen LogP contribution in [-0.2, 0) is 13.1 Å². The number of anilines is 2. The van der Waals surface area contributed by atoms with E-state index in [1.54, 1.807) is 48.9 Å². The van der Waals surface area contributed by atoms with Gasteiger partial charge in [-0.05, 0) is 47.5 Å². The van der Waals surface area contributed by atoms with Crippen LogP contribution in [0.15, 0.2) is 97.6 Å². The summed E-state index contributed by atoms with van der Waals surface area (Å²) in [5, 5.41) is 8.44. The third-order valence-electron chi connectivity index (χ3n) is 4.81. The third kappa shape index (κ3) is 5.82. The maximum Gasteiger partial charge on any atom is 0.323 e. The maximum atomic E-state index is 12.5. The van der Waals surface area contributed by atoms with E-state index in [2.05, 4.69) is 27.0 Å². The summed E-state index contributed by atoms with van der Waals surface area (Å²) in [6.07, 6.45) is 5.44. The van der Waals surface area contributed by atoms with E-state index in [4.69, 9.17) is 0 Å². The summed E-state index contributed by atoms with van der Waals surface area (Å²) in [6, 6.07) is 23.7. The molecule has 160 valence electrons. The van der Waals surface area contributed by atoms with Crippen molar-refractivity contribution < 1.29 is 9.59 Å². The van der Waals surface area contributed by atoms with Crippen LogP contribution in [0.25, 0.3) is 0 Å². The molecule has 3 aromatic carbocycles. The highest BCUT2D eigenvalue weighted by atomic mass is 16.2. The molecule has 7 heteroatoms. The van der Waals surface area contributed by atoms with Gasteiger partial charge >= 0.3 is 6.03 Å². The second-order valence-corrected chi connectivity index (χ2v) is 7.26. The molecule has 0 bridgehead atoms. The van der Waals surface area contributed by atoms with Gasteiger partial charge in [0.15, 0.2) is 0 Å². The number of carbonyl (C=O) groups is 2. The van der Waals surface area contributed by atoms with E-state index < -0.39 is 0 Å². The van der Waals surface area contributed by atoms with Gasteiger partial charge in [-0.15, -0.1) is 0 Å². The fraction of sp³-hybridized carbons (Fsp3) is 0.0800. The average Bonchev–Trinajstić information content (AvgIpc) is 3.32. The monoisotopic (exact) mass is 425 g/mol. The van der Waals surface area contributed by atoms with Crippen molar-refractivity contribution in [3.05, 3.63) is 114 Å². The van der Waals surface area contributed by atoms with Gasteiger partial charge in [0.1, 0.15) is 0 Å². The van der Waals surface area contributed by atoms with E-state index in [1.807, 2.05) is 47.2 Å². The minimum absolute atomic E-state index is 0.176. The largest absolute Gasteiger partial charge is 0.348 e. The van der Waals surface area contributed by atoms with Gasteiger partial charge in [-0.2, -0.15) is 0 Å². The average molecular weight is 425 g/mol. The Morgan fingerprint density at radius 3 is 2.25 bits per heavy atom. The topological polar surface area (TPSA) is 88.0 Å². The predicted molar refractivity (Wildman–Crippen MR) is 124 cm³/mol. The first kappa shape index (κ1) is 20.9. The zero-order valence-electron chi connectivity index (χ0n) is 17.4. The summed E-state index contributed by atoms with van der Waals surface area (Å²) < 4.78 is 1.99. The third-order valence-corrected chi connectivity index (χ3v) is 4.81. The van der Waals surface area contributed by atoms with Crippen molar-refractivity contribution in [3.8, 4) is 0 Å². The van der Waals surface area contributed by atoms with E-state index in [9.17, 15) is 9.59 Å². The number of para-hydroxylation sites is 1. The molecule has 3 N–H and O–H groups in total. The van der Waals surface area contributed by atoms with Crippen LogP contribution in [0.2, 0.25) is 0 Å². The molecule has 0 aliphatic carbocycles. The SMILES string of the molecule is O=C(Nc1ccccc1)Nc1ccc(C(=O)NCc2cccc(Cn3ccnc3)c2)cc1. The first-order chi connectivity index (χ1) is 15.7. The number of rotatable bonds is 7. The first-order valence-electron chi connectivity index (χ1n) is 10.2. The molecule has 0 unspecified atom stereocenters. The zero-order valence-corrected chi connectivity index (χ0v) is 17.4. The van der Waals surface area contributed by atoms with Gasteiger partial charge in [0.25, 0.3) is 5.91 Å². The van der Waals surface area contributed by atoms with Crippen molar-refractivity contribution in [1.82, 2.24) is 14.9 Å². The molecule has 4 aromatic rings. The second kappa shape index (κ2) is 10.1. The smallest absolute Gasteiger partial charge is 0.323 e. The highest BCUT2D eigenvalue weighted by Gasteiger charge is 2.07. The van der Waals surface area contributed by atoms with Gasteiger partial charge in [0, 0.05) is 42.4 Å². The highest BCUT2D eigenvalue weighted by Crippen LogP contribution is 2.12. The Labute approximate surface area is 186 Å². The van der Waals surface area contributed by atoms with Gasteiger partial charge in [-0.25, -0.2) is 9.78 Å². The molecule has 0 aliphatic rings. The number of hydrogen-bond donors (Lipinski definition) is 3. The van der Waals surface area contributed by atoms with Crippen molar-refractivity contribution in [2.24, 2.45) is 0 Å². The van der Waals surface area contributed by atoms with Gasteiger partial charge in [-0.3, -0.25) is 4.79 Å². The molecule has 0 aliphatic heterocycles. The standard InChI is InChI=1S/C25H23N5O2/c31-24(27-16-19-5-4-6-20(15-19)17-30-14-13-26-18-30)21-9-11-23(12-10-21)29-25(32)28-22-7-2-1-3-8-22/h1-15,18H,16-17H2,(H,27,31)(H2,28,29,32). The molecule has 1 aromatic heterocycles. The summed E-state index contributed by atoms with van der Waals surface area (Å²) in [4.78, 5) is 28.6. The second-order valence-electron chi connectivity index (χ2n) is 7.26. The van der Waals surface area contributed by atoms with Crippen molar-refractivity contribution >= 4 is 23.3 Å². The zero-order chi connectivity index (χ0) is 22.2. The number of urea groups is 1. The molecule has 7 nitrogen and oxygen atoms in total. The molecule has 0 atom stereocenters. The molecular formula is C25H23N5O2. The first-order valence-corrected chi connectivity index (χ1v) is 10.2. The number of aromatic nitrogens is 2. The molecule has 0 spiro atoms. The number of hydrogen-bond acceptors (Lipinski definition) is 3. The van der Waals surface area contributed by atoms with Crippen LogP contribution in [0.1, 0.15) is 21.5 Å². The minimum atomic E-state index is -0.344. The molecule has 4 rings (SSSR count). The van der Waals surface area contributed by atoms with Crippen LogP contribution < -0.4 is 16.0 Å². The highest BCUT2D eigenvalue weighted by molar-refractivity contribution is 6.00. The Hall–Kier alpha value is -4.39. The summed E-state index contributed by atoms with van der Waals surface area (Å²) in [7, 11) is 0. The fourth-order valence-electron chi connectivity index (χ4n) is 3.23. The van der Waals surface area contributed by atoms with Crippen LogP contribution in [-0.4, -0.2) is 21.5 Å². The van der Waals surface area contributed by atoms with Crippen molar-refractivity contribution in [3.63, 3.8) is 0 Å². The Morgan fingerprint density at radius 1 is 0.812 bits per heavy atom. The lowest BCUT2D eigenvalue weighted by Crippen LogP contribution is -2.23. The van der Waals surface area contributed by atoms with E-state index in [-0.39, 0.29) is 11.9 Å². The molecule has 32 heavy (non-hydrogen) atoms. The number of benzene rings is 3. The Balaban J connectivity index is 1.29. The Kier molecular flexibility index (Phi) is 6.57. The molecular weight excluding hydrogens is 402 g/mol. The molecule has 0 saturated carbocycles. The normalized spacial score (nSPS) is 10.4. The minimum Gasteiger partial charge on any atom is -0.348 e. The molecule has 0 saturated heterocycles. The Morgan fingerprint density at radius 2 is 1.53 bits per heavy atom. The van der Waals surface area contributed by atoms with Crippen LogP contribution in [0.4, 0.5) is 16.2 Å². The van der Waals surface area contributed by atoms with E-state index in [0.29, 0.717) is 23.5 Å². The molecule has 1 heterocycles. The number of nitrogens with zero attached hydrogens (tertiary/aromatic N) is 2. The van der Waals surface area contributed by atoms with Crippen LogP contribution >= 0.6 is 0 Å². The lowest BCUT2D eigenvalue weighted by atomic mass is 10.1. The lowest BCUT2D eigenvalue weighted by Gasteiger charge is -2.10. The quantitative estimate of drug-likeness (QED) is 0.407. The summed E-state index contributed by atoms with van der Waals surface area (Å²) in [5.74, 6) is -0.176. The van der Waals surface area contributed by atoms with Crippen molar-refractivity contribution in [1.29, 1.82) is 0 Å². The molecule has 0 radical (unpaired) electrons. The van der Waals surface area contributed by atoms with E-state index in [0.717, 1.165) is 17.7 Å². The van der Waals surface area contributed by atoms with Gasteiger partial charge in [0.05, 0.1) is 6.33 Å². The van der Waals surface area contributed by atoms with Crippen molar-refractivity contribution in [2.45, 2.75) is 13.1 Å². The molecule has 3 amide bonds. The van der Waals surface area contributed by atoms with E-state index >= 15 is 0 Å². The number of amides is 3. The van der Waals surface area contributed by atoms with Gasteiger partial charge in [-0.1, -0.05) is 42.5 Å². The van der Waals surface area contributed by atoms with Crippen molar-refractivity contribution in [2.75, 3.05) is 10.6 Å². The summed E-state index contributed by atoms with van der Waals surface area (Å²) >= 11 is 0. The number of nitrogens with one attached hydrogen (secondary N) is 3. The predicted octanol–water partition coefficient (Wildman–Crippen LogP) is 4.51. The number of imidazole rings is 1. The van der Waals surface area contributed by atoms with Crippen LogP contribution in [0.5, 0.6) is 0 Å². The van der Waals surface area contributed by atoms with E-state index in [1.165, 1.54) is 0 Å². The van der Waals surface area contributed by atoms with Crippen LogP contribution in [0.3, 0.4) is 0 Å². The fourth-order valence-corrected chi connectivity index (χ4v) is 3.23. The summed E-state index contributed by atoms with van der Waals surface area (Å²) in [5.41, 5.74) is 3.98.